The average Bonchev–Trinajstić information content (AvgIpc) is 2.98. The number of piperidine rings is 1. The Morgan fingerprint density at radius 1 is 1.21 bits per heavy atom. The first-order valence-corrected chi connectivity index (χ1v) is 9.64. The highest BCUT2D eigenvalue weighted by Crippen LogP contribution is 2.35. The summed E-state index contributed by atoms with van der Waals surface area (Å²) < 4.78 is 2.00. The van der Waals surface area contributed by atoms with Crippen molar-refractivity contribution in [1.29, 1.82) is 0 Å². The summed E-state index contributed by atoms with van der Waals surface area (Å²) in [6.45, 7) is 4.19. The summed E-state index contributed by atoms with van der Waals surface area (Å²) in [4.78, 5) is 19.4. The number of rotatable bonds is 3. The molecule has 3 heterocycles. The predicted octanol–water partition coefficient (Wildman–Crippen LogP) is 1.67. The quantitative estimate of drug-likeness (QED) is 0.915. The number of carbonyl (C=O) groups is 1. The van der Waals surface area contributed by atoms with Crippen LogP contribution in [0.25, 0.3) is 0 Å². The van der Waals surface area contributed by atoms with Crippen molar-refractivity contribution in [1.82, 2.24) is 25.0 Å². The predicted molar refractivity (Wildman–Crippen MR) is 91.6 cm³/mol. The van der Waals surface area contributed by atoms with Crippen molar-refractivity contribution in [3.05, 3.63) is 11.6 Å². The minimum absolute atomic E-state index is 0.298. The molecule has 2 fully saturated rings. The van der Waals surface area contributed by atoms with Gasteiger partial charge < -0.3 is 10.2 Å². The van der Waals surface area contributed by atoms with E-state index < -0.39 is 0 Å². The minimum Gasteiger partial charge on any atom is -0.338 e. The molecule has 0 spiro atoms. The summed E-state index contributed by atoms with van der Waals surface area (Å²) in [5.74, 6) is 2.98. The van der Waals surface area contributed by atoms with E-state index in [4.69, 9.17) is 0 Å². The van der Waals surface area contributed by atoms with Crippen LogP contribution in [0.1, 0.15) is 56.6 Å². The third-order valence-corrected chi connectivity index (χ3v) is 6.07. The van der Waals surface area contributed by atoms with Crippen LogP contribution >= 0.6 is 0 Å². The first-order chi connectivity index (χ1) is 11.7. The second kappa shape index (κ2) is 6.82. The maximum Gasteiger partial charge on any atom is 0.236 e. The Hall–Kier alpha value is -1.43. The number of nitrogens with one attached hydrogen (secondary N) is 1. The fourth-order valence-electron chi connectivity index (χ4n) is 4.87. The van der Waals surface area contributed by atoms with Crippen molar-refractivity contribution in [3.8, 4) is 0 Å². The molecule has 6 nitrogen and oxygen atoms in total. The van der Waals surface area contributed by atoms with Crippen LogP contribution in [0.15, 0.2) is 0 Å². The molecule has 1 aromatic heterocycles. The largest absolute Gasteiger partial charge is 0.338 e. The topological polar surface area (TPSA) is 63.1 Å². The van der Waals surface area contributed by atoms with Crippen molar-refractivity contribution in [2.75, 3.05) is 13.1 Å². The van der Waals surface area contributed by atoms with E-state index >= 15 is 0 Å². The number of fused-ring (bicyclic) bond motifs is 2. The first kappa shape index (κ1) is 16.1. The molecule has 3 atom stereocenters. The zero-order chi connectivity index (χ0) is 16.5. The van der Waals surface area contributed by atoms with Crippen molar-refractivity contribution < 1.29 is 4.79 Å². The van der Waals surface area contributed by atoms with Gasteiger partial charge in [0.15, 0.2) is 0 Å². The summed E-state index contributed by atoms with van der Waals surface area (Å²) in [5, 5.41) is 7.93. The number of hydrogen-bond acceptors (Lipinski definition) is 4. The summed E-state index contributed by atoms with van der Waals surface area (Å²) in [6, 6.07) is 0.840. The third kappa shape index (κ3) is 3.21. The van der Waals surface area contributed by atoms with E-state index in [-0.39, 0.29) is 0 Å². The maximum atomic E-state index is 12.8. The summed E-state index contributed by atoms with van der Waals surface area (Å²) in [6.07, 6.45) is 9.65. The molecule has 3 aliphatic rings. The van der Waals surface area contributed by atoms with E-state index in [2.05, 4.69) is 20.3 Å². The molecule has 6 heteroatoms. The molecule has 0 bridgehead atoms. The molecule has 0 aromatic carbocycles. The van der Waals surface area contributed by atoms with Crippen LogP contribution in [0, 0.1) is 12.8 Å². The van der Waals surface area contributed by atoms with E-state index in [0.29, 0.717) is 24.5 Å². The number of aromatic nitrogens is 3. The average molecular weight is 331 g/mol. The molecule has 0 unspecified atom stereocenters. The van der Waals surface area contributed by atoms with Gasteiger partial charge in [0.05, 0.1) is 13.1 Å². The highest BCUT2D eigenvalue weighted by Gasteiger charge is 2.35. The number of likely N-dealkylation sites (tertiary alicyclic amines) is 1. The lowest BCUT2D eigenvalue weighted by Gasteiger charge is -2.44. The van der Waals surface area contributed by atoms with Crippen molar-refractivity contribution >= 4 is 5.91 Å². The molecule has 1 saturated carbocycles. The van der Waals surface area contributed by atoms with Gasteiger partial charge in [0.1, 0.15) is 11.6 Å². The van der Waals surface area contributed by atoms with Gasteiger partial charge in [0.2, 0.25) is 5.91 Å². The van der Waals surface area contributed by atoms with Gasteiger partial charge >= 0.3 is 0 Å². The molecule has 132 valence electrons. The van der Waals surface area contributed by atoms with Crippen molar-refractivity contribution in [2.45, 2.75) is 76.9 Å². The Bertz CT molecular complexity index is 596. The first-order valence-electron chi connectivity index (χ1n) is 9.64. The van der Waals surface area contributed by atoms with Crippen LogP contribution in [-0.2, 0) is 17.8 Å². The molecule has 1 amide bonds. The molecule has 24 heavy (non-hydrogen) atoms. The zero-order valence-corrected chi connectivity index (χ0v) is 14.7. The number of aryl methyl sites for hydroxylation is 2. The Labute approximate surface area is 144 Å². The lowest BCUT2D eigenvalue weighted by molar-refractivity contribution is -0.136. The van der Waals surface area contributed by atoms with Crippen LogP contribution in [0.3, 0.4) is 0 Å². The number of amides is 1. The molecule has 1 saturated heterocycles. The van der Waals surface area contributed by atoms with E-state index in [1.807, 2.05) is 11.6 Å². The highest BCUT2D eigenvalue weighted by molar-refractivity contribution is 5.78. The Morgan fingerprint density at radius 3 is 2.96 bits per heavy atom. The molecule has 1 aliphatic carbocycles. The van der Waals surface area contributed by atoms with Gasteiger partial charge in [-0.15, -0.1) is 0 Å². The number of hydrogen-bond donors (Lipinski definition) is 1. The van der Waals surface area contributed by atoms with Gasteiger partial charge in [-0.3, -0.25) is 4.79 Å². The van der Waals surface area contributed by atoms with Gasteiger partial charge in [-0.2, -0.15) is 5.10 Å². The maximum absolute atomic E-state index is 12.8. The second-order valence-corrected chi connectivity index (χ2v) is 7.72. The molecule has 2 aliphatic heterocycles. The Balaban J connectivity index is 1.32. The SMILES string of the molecule is Cc1nc2n(n1)C[C@H](NCC(=O)N1CCC[C@@H]3CCCC[C@H]31)CC2. The van der Waals surface area contributed by atoms with Crippen LogP contribution in [0.2, 0.25) is 0 Å². The number of nitrogens with zero attached hydrogens (tertiary/aromatic N) is 4. The van der Waals surface area contributed by atoms with Crippen LogP contribution in [0.5, 0.6) is 0 Å². The van der Waals surface area contributed by atoms with Crippen LogP contribution in [0.4, 0.5) is 0 Å². The summed E-state index contributed by atoms with van der Waals surface area (Å²) in [7, 11) is 0. The van der Waals surface area contributed by atoms with E-state index in [9.17, 15) is 4.79 Å². The fraction of sp³-hybridized carbons (Fsp3) is 0.833. The smallest absolute Gasteiger partial charge is 0.236 e. The standard InChI is InChI=1S/C18H29N5O/c1-13-20-17-9-8-15(12-23(17)21-13)19-11-18(24)22-10-4-6-14-5-2-3-7-16(14)22/h14-16,19H,2-12H2,1H3/t14-,15+,16+/m0/s1. The van der Waals surface area contributed by atoms with Gasteiger partial charge in [0.25, 0.3) is 0 Å². The molecule has 1 aromatic rings. The fourth-order valence-corrected chi connectivity index (χ4v) is 4.87. The zero-order valence-electron chi connectivity index (χ0n) is 14.7. The van der Waals surface area contributed by atoms with E-state index in [1.54, 1.807) is 0 Å². The van der Waals surface area contributed by atoms with Gasteiger partial charge in [0, 0.05) is 25.0 Å². The van der Waals surface area contributed by atoms with E-state index in [0.717, 1.165) is 43.5 Å². The van der Waals surface area contributed by atoms with Crippen LogP contribution in [-0.4, -0.2) is 50.7 Å². The molecule has 0 radical (unpaired) electrons. The Kier molecular flexibility index (Phi) is 4.57. The minimum atomic E-state index is 0.298. The molecule has 4 rings (SSSR count). The molecular formula is C18H29N5O. The molecular weight excluding hydrogens is 302 g/mol. The highest BCUT2D eigenvalue weighted by atomic mass is 16.2. The second-order valence-electron chi connectivity index (χ2n) is 7.72. The summed E-state index contributed by atoms with van der Waals surface area (Å²) in [5.41, 5.74) is 0. The van der Waals surface area contributed by atoms with Gasteiger partial charge in [-0.1, -0.05) is 12.8 Å². The normalized spacial score (nSPS) is 29.9. The van der Waals surface area contributed by atoms with Crippen LogP contribution < -0.4 is 5.32 Å². The lowest BCUT2D eigenvalue weighted by atomic mass is 9.78. The molecule has 1 N–H and O–H groups in total. The van der Waals surface area contributed by atoms with Crippen molar-refractivity contribution in [2.24, 2.45) is 5.92 Å². The van der Waals surface area contributed by atoms with E-state index in [1.165, 1.54) is 38.5 Å². The number of carbonyl (C=O) groups excluding carboxylic acids is 1. The lowest BCUT2D eigenvalue weighted by Crippen LogP contribution is -2.53. The van der Waals surface area contributed by atoms with Gasteiger partial charge in [-0.25, -0.2) is 9.67 Å². The van der Waals surface area contributed by atoms with Gasteiger partial charge in [-0.05, 0) is 44.9 Å². The van der Waals surface area contributed by atoms with Crippen molar-refractivity contribution in [3.63, 3.8) is 0 Å². The monoisotopic (exact) mass is 331 g/mol. The Morgan fingerprint density at radius 2 is 2.04 bits per heavy atom. The summed E-state index contributed by atoms with van der Waals surface area (Å²) >= 11 is 0. The third-order valence-electron chi connectivity index (χ3n) is 6.07.